The molecule has 5 heteroatoms. The van der Waals surface area contributed by atoms with Crippen LogP contribution in [0.1, 0.15) is 51.7 Å². The Morgan fingerprint density at radius 1 is 1.42 bits per heavy atom. The highest BCUT2D eigenvalue weighted by Gasteiger charge is 2.41. The largest absolute Gasteiger partial charge is 0.382 e. The van der Waals surface area contributed by atoms with Gasteiger partial charge in [0.1, 0.15) is 0 Å². The number of hydrogen-bond acceptors (Lipinski definition) is 4. The standard InChI is InChI=1S/C19H27N3OS/c1-5-13(11-22(3)4)21-19(23)18-10-15(12(2)24-18)16-9-17(16)20-14-7-6-8-14/h5,10-11,14,16-17,20H,1,6-9H2,2-4H3,(H,21,23)/b13-11+. The molecular formula is C19H27N3OS. The van der Waals surface area contributed by atoms with E-state index in [-0.39, 0.29) is 5.91 Å². The monoisotopic (exact) mass is 345 g/mol. The fraction of sp³-hybridized carbons (Fsp3) is 0.526. The second kappa shape index (κ2) is 7.11. The van der Waals surface area contributed by atoms with Gasteiger partial charge in [0.05, 0.1) is 10.6 Å². The number of hydrogen-bond donors (Lipinski definition) is 2. The molecule has 130 valence electrons. The van der Waals surface area contributed by atoms with Crippen LogP contribution in [0.3, 0.4) is 0 Å². The second-order valence-electron chi connectivity index (χ2n) is 7.07. The van der Waals surface area contributed by atoms with Crippen molar-refractivity contribution in [3.05, 3.63) is 45.9 Å². The molecule has 0 bridgehead atoms. The molecule has 0 saturated heterocycles. The molecule has 2 atom stereocenters. The molecule has 0 spiro atoms. The van der Waals surface area contributed by atoms with Gasteiger partial charge in [0, 0.05) is 43.2 Å². The highest BCUT2D eigenvalue weighted by molar-refractivity contribution is 7.14. The van der Waals surface area contributed by atoms with Crippen molar-refractivity contribution in [3.8, 4) is 0 Å². The van der Waals surface area contributed by atoms with Crippen molar-refractivity contribution in [2.24, 2.45) is 0 Å². The number of rotatable bonds is 7. The van der Waals surface area contributed by atoms with Crippen molar-refractivity contribution in [1.29, 1.82) is 0 Å². The first-order valence-electron chi connectivity index (χ1n) is 8.66. The Morgan fingerprint density at radius 3 is 2.75 bits per heavy atom. The van der Waals surface area contributed by atoms with Gasteiger partial charge in [-0.1, -0.05) is 13.0 Å². The summed E-state index contributed by atoms with van der Waals surface area (Å²) in [7, 11) is 3.84. The molecule has 1 amide bonds. The fourth-order valence-corrected chi connectivity index (χ4v) is 4.17. The molecule has 1 aromatic heterocycles. The molecule has 4 nitrogen and oxygen atoms in total. The van der Waals surface area contributed by atoms with Crippen molar-refractivity contribution in [2.45, 2.75) is 50.6 Å². The Hall–Kier alpha value is -1.59. The molecule has 1 heterocycles. The first kappa shape index (κ1) is 17.2. The number of nitrogens with zero attached hydrogens (tertiary/aromatic N) is 1. The first-order chi connectivity index (χ1) is 11.5. The van der Waals surface area contributed by atoms with Crippen molar-refractivity contribution in [2.75, 3.05) is 14.1 Å². The summed E-state index contributed by atoms with van der Waals surface area (Å²) < 4.78 is 0. The number of thiophene rings is 1. The van der Waals surface area contributed by atoms with Gasteiger partial charge in [-0.25, -0.2) is 0 Å². The fourth-order valence-electron chi connectivity index (χ4n) is 3.18. The predicted molar refractivity (Wildman–Crippen MR) is 100 cm³/mol. The minimum Gasteiger partial charge on any atom is -0.382 e. The van der Waals surface area contributed by atoms with Crippen molar-refractivity contribution in [3.63, 3.8) is 0 Å². The van der Waals surface area contributed by atoms with E-state index in [1.54, 1.807) is 17.4 Å². The lowest BCUT2D eigenvalue weighted by Gasteiger charge is -2.26. The number of carbonyl (C=O) groups excluding carboxylic acids is 1. The van der Waals surface area contributed by atoms with Crippen molar-refractivity contribution < 1.29 is 4.79 Å². The Bertz CT molecular complexity index is 658. The quantitative estimate of drug-likeness (QED) is 0.745. The van der Waals surface area contributed by atoms with Crippen LogP contribution in [-0.4, -0.2) is 37.0 Å². The van der Waals surface area contributed by atoms with Crippen LogP contribution in [0.4, 0.5) is 0 Å². The molecule has 2 aliphatic rings. The van der Waals surface area contributed by atoms with Gasteiger partial charge in [-0.15, -0.1) is 11.3 Å². The van der Waals surface area contributed by atoms with Gasteiger partial charge in [0.2, 0.25) is 0 Å². The summed E-state index contributed by atoms with van der Waals surface area (Å²) in [6.07, 6.45) is 8.73. The maximum Gasteiger partial charge on any atom is 0.265 e. The number of amides is 1. The number of allylic oxidation sites excluding steroid dienone is 1. The average Bonchev–Trinajstić information content (AvgIpc) is 3.14. The molecule has 2 fully saturated rings. The maximum atomic E-state index is 12.5. The van der Waals surface area contributed by atoms with Gasteiger partial charge in [0.25, 0.3) is 5.91 Å². The average molecular weight is 346 g/mol. The SMILES string of the molecule is C=C/C(=C\N(C)C)NC(=O)c1cc(C2CC2NC2CCC2)c(C)s1. The third-order valence-electron chi connectivity index (χ3n) is 4.80. The smallest absolute Gasteiger partial charge is 0.265 e. The zero-order valence-corrected chi connectivity index (χ0v) is 15.6. The molecule has 2 aliphatic carbocycles. The Morgan fingerprint density at radius 2 is 2.17 bits per heavy atom. The lowest BCUT2D eigenvalue weighted by molar-refractivity contribution is 0.0970. The third kappa shape index (κ3) is 3.90. The highest BCUT2D eigenvalue weighted by atomic mass is 32.1. The maximum absolute atomic E-state index is 12.5. The van der Waals surface area contributed by atoms with E-state index in [1.807, 2.05) is 25.2 Å². The van der Waals surface area contributed by atoms with Crippen LogP contribution in [0, 0.1) is 6.92 Å². The van der Waals surface area contributed by atoms with E-state index in [0.717, 1.165) is 10.9 Å². The van der Waals surface area contributed by atoms with E-state index in [0.29, 0.717) is 17.7 Å². The van der Waals surface area contributed by atoms with Crippen LogP contribution in [0.25, 0.3) is 0 Å². The molecule has 0 aliphatic heterocycles. The van der Waals surface area contributed by atoms with Crippen molar-refractivity contribution in [1.82, 2.24) is 15.5 Å². The molecule has 0 radical (unpaired) electrons. The van der Waals surface area contributed by atoms with E-state index in [2.05, 4.69) is 30.2 Å². The normalized spacial score (nSPS) is 23.5. The van der Waals surface area contributed by atoms with Gasteiger partial charge in [0.15, 0.2) is 0 Å². The second-order valence-corrected chi connectivity index (χ2v) is 8.33. The zero-order chi connectivity index (χ0) is 17.3. The Kier molecular flexibility index (Phi) is 5.11. The summed E-state index contributed by atoms with van der Waals surface area (Å²) in [6.45, 7) is 5.88. The van der Waals surface area contributed by atoms with Crippen LogP contribution in [-0.2, 0) is 0 Å². The van der Waals surface area contributed by atoms with Gasteiger partial charge in [-0.3, -0.25) is 4.79 Å². The van der Waals surface area contributed by atoms with E-state index < -0.39 is 0 Å². The molecule has 2 N–H and O–H groups in total. The lowest BCUT2D eigenvalue weighted by atomic mass is 9.93. The lowest BCUT2D eigenvalue weighted by Crippen LogP contribution is -2.37. The summed E-state index contributed by atoms with van der Waals surface area (Å²) in [5.41, 5.74) is 2.06. The van der Waals surface area contributed by atoms with Gasteiger partial charge in [-0.2, -0.15) is 0 Å². The Balaban J connectivity index is 1.63. The summed E-state index contributed by atoms with van der Waals surface area (Å²) in [5.74, 6) is 0.533. The zero-order valence-electron chi connectivity index (χ0n) is 14.8. The number of carbonyl (C=O) groups is 1. The molecule has 24 heavy (non-hydrogen) atoms. The first-order valence-corrected chi connectivity index (χ1v) is 9.48. The van der Waals surface area contributed by atoms with Crippen LogP contribution in [0.5, 0.6) is 0 Å². The minimum absolute atomic E-state index is 0.0495. The van der Waals surface area contributed by atoms with E-state index in [1.165, 1.54) is 36.1 Å². The Labute approximate surface area is 148 Å². The molecule has 2 unspecified atom stereocenters. The summed E-state index contributed by atoms with van der Waals surface area (Å²) in [4.78, 5) is 16.4. The van der Waals surface area contributed by atoms with Crippen LogP contribution in [0.2, 0.25) is 0 Å². The highest BCUT2D eigenvalue weighted by Crippen LogP contribution is 2.45. The number of aryl methyl sites for hydroxylation is 1. The van der Waals surface area contributed by atoms with Crippen LogP contribution in [0.15, 0.2) is 30.6 Å². The summed E-state index contributed by atoms with van der Waals surface area (Å²) >= 11 is 1.59. The van der Waals surface area contributed by atoms with Gasteiger partial charge in [-0.05, 0) is 43.9 Å². The van der Waals surface area contributed by atoms with Crippen molar-refractivity contribution >= 4 is 17.2 Å². The molecule has 3 rings (SSSR count). The molecule has 0 aromatic carbocycles. The molecule has 1 aromatic rings. The predicted octanol–water partition coefficient (Wildman–Crippen LogP) is 3.37. The van der Waals surface area contributed by atoms with E-state index >= 15 is 0 Å². The third-order valence-corrected chi connectivity index (χ3v) is 5.86. The van der Waals surface area contributed by atoms with Gasteiger partial charge >= 0.3 is 0 Å². The molecular weight excluding hydrogens is 318 g/mol. The van der Waals surface area contributed by atoms with E-state index in [9.17, 15) is 4.79 Å². The number of nitrogens with one attached hydrogen (secondary N) is 2. The van der Waals surface area contributed by atoms with Crippen LogP contribution >= 0.6 is 11.3 Å². The summed E-state index contributed by atoms with van der Waals surface area (Å²) in [5, 5.41) is 6.68. The van der Waals surface area contributed by atoms with Crippen LogP contribution < -0.4 is 10.6 Å². The topological polar surface area (TPSA) is 44.4 Å². The van der Waals surface area contributed by atoms with E-state index in [4.69, 9.17) is 0 Å². The van der Waals surface area contributed by atoms with Gasteiger partial charge < -0.3 is 15.5 Å². The minimum atomic E-state index is -0.0495. The summed E-state index contributed by atoms with van der Waals surface area (Å²) in [6, 6.07) is 3.42. The molecule has 2 saturated carbocycles.